The first-order valence-electron chi connectivity index (χ1n) is 5.55. The second-order valence-corrected chi connectivity index (χ2v) is 5.72. The molecule has 0 radical (unpaired) electrons. The lowest BCUT2D eigenvalue weighted by atomic mass is 9.72. The monoisotopic (exact) mass is 233 g/mol. The number of hydrogen-bond acceptors (Lipinski definition) is 2. The van der Waals surface area contributed by atoms with Crippen molar-refractivity contribution in [3.8, 4) is 0 Å². The molecule has 2 atom stereocenters. The van der Waals surface area contributed by atoms with Crippen molar-refractivity contribution in [2.45, 2.75) is 38.7 Å². The number of likely N-dealkylation sites (tertiary alicyclic amines) is 1. The Morgan fingerprint density at radius 1 is 1.38 bits per heavy atom. The Labute approximate surface area is 93.7 Å². The molecule has 1 heterocycles. The normalized spacial score (nSPS) is 31.9. The molecule has 1 saturated carbocycles. The molecule has 0 spiro atoms. The highest BCUT2D eigenvalue weighted by Crippen LogP contribution is 2.52. The number of hydrogen-bond donors (Lipinski definition) is 0. The third-order valence-corrected chi connectivity index (χ3v) is 3.17. The van der Waals surface area contributed by atoms with Gasteiger partial charge < -0.3 is 9.64 Å². The van der Waals surface area contributed by atoms with Gasteiger partial charge in [0.1, 0.15) is 5.60 Å². The van der Waals surface area contributed by atoms with Crippen LogP contribution in [0.2, 0.25) is 0 Å². The van der Waals surface area contributed by atoms with Crippen molar-refractivity contribution in [2.75, 3.05) is 13.1 Å². The molecule has 1 aliphatic carbocycles. The van der Waals surface area contributed by atoms with Crippen molar-refractivity contribution in [3.05, 3.63) is 0 Å². The van der Waals surface area contributed by atoms with Gasteiger partial charge in [0.2, 0.25) is 0 Å². The Morgan fingerprint density at radius 3 is 2.44 bits per heavy atom. The van der Waals surface area contributed by atoms with E-state index in [-0.39, 0.29) is 18.9 Å². The lowest BCUT2D eigenvalue weighted by Gasteiger charge is -2.38. The van der Waals surface area contributed by atoms with Crippen molar-refractivity contribution in [2.24, 2.45) is 11.8 Å². The van der Waals surface area contributed by atoms with Crippen molar-refractivity contribution in [1.82, 2.24) is 4.90 Å². The fourth-order valence-electron chi connectivity index (χ4n) is 2.37. The average molecular weight is 233 g/mol. The first kappa shape index (κ1) is 11.6. The van der Waals surface area contributed by atoms with Crippen LogP contribution in [0.15, 0.2) is 0 Å². The van der Waals surface area contributed by atoms with Crippen LogP contribution in [0, 0.1) is 11.8 Å². The van der Waals surface area contributed by atoms with E-state index >= 15 is 0 Å². The van der Waals surface area contributed by atoms with E-state index in [0.717, 1.165) is 0 Å². The largest absolute Gasteiger partial charge is 0.444 e. The minimum atomic E-state index is -2.58. The molecule has 0 bridgehead atoms. The van der Waals surface area contributed by atoms with E-state index in [1.54, 1.807) is 20.8 Å². The lowest BCUT2D eigenvalue weighted by molar-refractivity contribution is -0.152. The summed E-state index contributed by atoms with van der Waals surface area (Å²) in [4.78, 5) is 13.1. The highest BCUT2D eigenvalue weighted by molar-refractivity contribution is 5.68. The van der Waals surface area contributed by atoms with E-state index < -0.39 is 23.5 Å². The maximum Gasteiger partial charge on any atom is 0.410 e. The van der Waals surface area contributed by atoms with E-state index in [9.17, 15) is 13.6 Å². The zero-order chi connectivity index (χ0) is 12.1. The molecule has 2 rings (SSSR count). The number of alkyl halides is 2. The van der Waals surface area contributed by atoms with Crippen LogP contribution in [0.5, 0.6) is 0 Å². The van der Waals surface area contributed by atoms with Crippen LogP contribution in [-0.2, 0) is 4.74 Å². The highest BCUT2D eigenvalue weighted by Gasteiger charge is 2.60. The third kappa shape index (κ3) is 1.99. The van der Waals surface area contributed by atoms with Crippen LogP contribution < -0.4 is 0 Å². The Hall–Kier alpha value is -0.870. The van der Waals surface area contributed by atoms with Crippen LogP contribution in [0.3, 0.4) is 0 Å². The molecular formula is C11H17F2NO2. The molecule has 1 amide bonds. The molecule has 5 heteroatoms. The summed E-state index contributed by atoms with van der Waals surface area (Å²) in [5, 5.41) is 0. The number of amides is 1. The smallest absolute Gasteiger partial charge is 0.410 e. The first-order valence-corrected chi connectivity index (χ1v) is 5.55. The fourth-order valence-corrected chi connectivity index (χ4v) is 2.37. The predicted octanol–water partition coefficient (Wildman–Crippen LogP) is 2.51. The van der Waals surface area contributed by atoms with Crippen molar-refractivity contribution in [3.63, 3.8) is 0 Å². The summed E-state index contributed by atoms with van der Waals surface area (Å²) >= 11 is 0. The zero-order valence-electron chi connectivity index (χ0n) is 9.80. The topological polar surface area (TPSA) is 29.5 Å². The SMILES string of the molecule is CC(C)(C)OC(=O)N1CC2CC(F)(F)C2C1. The second kappa shape index (κ2) is 3.31. The van der Waals surface area contributed by atoms with Gasteiger partial charge in [-0.15, -0.1) is 0 Å². The van der Waals surface area contributed by atoms with Gasteiger partial charge in [0.05, 0.1) is 0 Å². The van der Waals surface area contributed by atoms with Gasteiger partial charge in [-0.3, -0.25) is 0 Å². The van der Waals surface area contributed by atoms with Gasteiger partial charge in [0.15, 0.2) is 0 Å². The van der Waals surface area contributed by atoms with Crippen LogP contribution in [0.1, 0.15) is 27.2 Å². The quantitative estimate of drug-likeness (QED) is 0.643. The second-order valence-electron chi connectivity index (χ2n) is 5.72. The van der Waals surface area contributed by atoms with Crippen LogP contribution in [0.4, 0.5) is 13.6 Å². The van der Waals surface area contributed by atoms with Crippen molar-refractivity contribution < 1.29 is 18.3 Å². The number of carbonyl (C=O) groups is 1. The summed E-state index contributed by atoms with van der Waals surface area (Å²) in [6.07, 6.45) is -0.561. The number of carbonyl (C=O) groups excluding carboxylic acids is 1. The summed E-state index contributed by atoms with van der Waals surface area (Å²) < 4.78 is 31.3. The van der Waals surface area contributed by atoms with Gasteiger partial charge >= 0.3 is 6.09 Å². The number of halogens is 2. The molecule has 1 aliphatic heterocycles. The minimum Gasteiger partial charge on any atom is -0.444 e. The summed E-state index contributed by atoms with van der Waals surface area (Å²) in [6, 6.07) is 0. The minimum absolute atomic E-state index is 0.0393. The maximum atomic E-state index is 13.1. The lowest BCUT2D eigenvalue weighted by Crippen LogP contribution is -2.46. The van der Waals surface area contributed by atoms with E-state index in [1.807, 2.05) is 0 Å². The Balaban J connectivity index is 1.92. The summed E-state index contributed by atoms with van der Waals surface area (Å²) in [5.74, 6) is -3.27. The van der Waals surface area contributed by atoms with Crippen LogP contribution in [0.25, 0.3) is 0 Å². The van der Waals surface area contributed by atoms with Crippen LogP contribution in [-0.4, -0.2) is 35.6 Å². The van der Waals surface area contributed by atoms with Gasteiger partial charge in [-0.1, -0.05) is 0 Å². The number of ether oxygens (including phenoxy) is 1. The first-order chi connectivity index (χ1) is 7.19. The standard InChI is InChI=1S/C11H17F2NO2/c1-10(2,3)16-9(15)14-5-7-4-11(12,13)8(7)6-14/h7-8H,4-6H2,1-3H3. The molecule has 0 aromatic carbocycles. The zero-order valence-corrected chi connectivity index (χ0v) is 9.80. The van der Waals surface area contributed by atoms with Gasteiger partial charge in [-0.05, 0) is 26.7 Å². The van der Waals surface area contributed by atoms with Gasteiger partial charge in [-0.2, -0.15) is 0 Å². The molecule has 0 N–H and O–H groups in total. The fraction of sp³-hybridized carbons (Fsp3) is 0.909. The molecule has 16 heavy (non-hydrogen) atoms. The Kier molecular flexibility index (Phi) is 2.40. The molecule has 2 aliphatic rings. The van der Waals surface area contributed by atoms with E-state index in [0.29, 0.717) is 6.54 Å². The van der Waals surface area contributed by atoms with Crippen molar-refractivity contribution >= 4 is 6.09 Å². The van der Waals surface area contributed by atoms with E-state index in [2.05, 4.69) is 0 Å². The molecular weight excluding hydrogens is 216 g/mol. The number of rotatable bonds is 0. The summed E-state index contributed by atoms with van der Waals surface area (Å²) in [6.45, 7) is 5.85. The van der Waals surface area contributed by atoms with E-state index in [1.165, 1.54) is 4.90 Å². The number of fused-ring (bicyclic) bond motifs is 1. The molecule has 1 saturated heterocycles. The maximum absolute atomic E-state index is 13.1. The van der Waals surface area contributed by atoms with Gasteiger partial charge in [-0.25, -0.2) is 13.6 Å². The van der Waals surface area contributed by atoms with Crippen molar-refractivity contribution in [1.29, 1.82) is 0 Å². The molecule has 0 aromatic rings. The highest BCUT2D eigenvalue weighted by atomic mass is 19.3. The third-order valence-electron chi connectivity index (χ3n) is 3.17. The van der Waals surface area contributed by atoms with Crippen LogP contribution >= 0.6 is 0 Å². The average Bonchev–Trinajstić information content (AvgIpc) is 2.41. The Morgan fingerprint density at radius 2 is 2.00 bits per heavy atom. The van der Waals surface area contributed by atoms with Gasteiger partial charge in [0, 0.05) is 25.4 Å². The summed E-state index contributed by atoms with van der Waals surface area (Å²) in [5.41, 5.74) is -0.568. The van der Waals surface area contributed by atoms with Gasteiger partial charge in [0.25, 0.3) is 5.92 Å². The molecule has 2 unspecified atom stereocenters. The molecule has 2 fully saturated rings. The number of nitrogens with zero attached hydrogens (tertiary/aromatic N) is 1. The predicted molar refractivity (Wildman–Crippen MR) is 54.4 cm³/mol. The van der Waals surface area contributed by atoms with E-state index in [4.69, 9.17) is 4.74 Å². The molecule has 0 aromatic heterocycles. The molecule has 3 nitrogen and oxygen atoms in total. The Bertz CT molecular complexity index is 312. The summed E-state index contributed by atoms with van der Waals surface area (Å²) in [7, 11) is 0. The molecule has 92 valence electrons.